The van der Waals surface area contributed by atoms with Crippen LogP contribution < -0.4 is 0 Å². The third-order valence-electron chi connectivity index (χ3n) is 1.54. The fourth-order valence-corrected chi connectivity index (χ4v) is 3.69. The summed E-state index contributed by atoms with van der Waals surface area (Å²) >= 11 is 10.4. The lowest BCUT2D eigenvalue weighted by Crippen LogP contribution is -1.89. The first-order valence-corrected chi connectivity index (χ1v) is 7.47. The van der Waals surface area contributed by atoms with E-state index in [1.165, 1.54) is 23.1 Å². The number of rotatable bonds is 3. The van der Waals surface area contributed by atoms with Crippen LogP contribution in [0.25, 0.3) is 0 Å². The molecule has 2 heterocycles. The fourth-order valence-electron chi connectivity index (χ4n) is 0.968. The number of nitrogens with zero attached hydrogens (tertiary/aromatic N) is 4. The van der Waals surface area contributed by atoms with Crippen molar-refractivity contribution in [2.24, 2.45) is 0 Å². The second-order valence-electron chi connectivity index (χ2n) is 2.72. The Balaban J connectivity index is 2.19. The van der Waals surface area contributed by atoms with Crippen LogP contribution in [0, 0.1) is 6.92 Å². The number of hydrogen-bond donors (Lipinski definition) is 0. The maximum atomic E-state index is 5.85. The van der Waals surface area contributed by atoms with Gasteiger partial charge < -0.3 is 0 Å². The molecule has 0 saturated heterocycles. The van der Waals surface area contributed by atoms with Crippen molar-refractivity contribution < 1.29 is 0 Å². The van der Waals surface area contributed by atoms with Gasteiger partial charge in [0, 0.05) is 6.07 Å². The van der Waals surface area contributed by atoms with Gasteiger partial charge >= 0.3 is 0 Å². The van der Waals surface area contributed by atoms with Gasteiger partial charge in [0.1, 0.15) is 16.0 Å². The Morgan fingerprint density at radius 3 is 2.62 bits per heavy atom. The zero-order valence-electron chi connectivity index (χ0n) is 8.47. The third-order valence-corrected chi connectivity index (χ3v) is 4.60. The van der Waals surface area contributed by atoms with E-state index < -0.39 is 0 Å². The molecule has 4 nitrogen and oxygen atoms in total. The molecule has 0 aromatic carbocycles. The SMILES string of the molecule is CSc1nnc(Sc2cc(Cl)nc(C)n2)s1. The van der Waals surface area contributed by atoms with Gasteiger partial charge in [-0.25, -0.2) is 9.97 Å². The summed E-state index contributed by atoms with van der Waals surface area (Å²) in [5.74, 6) is 0.657. The molecule has 0 saturated carbocycles. The molecule has 0 N–H and O–H groups in total. The van der Waals surface area contributed by atoms with Gasteiger partial charge in [0.15, 0.2) is 8.68 Å². The molecule has 0 aliphatic rings. The zero-order valence-corrected chi connectivity index (χ0v) is 11.7. The number of halogens is 1. The Kier molecular flexibility index (Phi) is 4.01. The van der Waals surface area contributed by atoms with E-state index in [-0.39, 0.29) is 0 Å². The molecule has 0 amide bonds. The molecule has 0 spiro atoms. The molecule has 2 aromatic rings. The van der Waals surface area contributed by atoms with Gasteiger partial charge in [-0.2, -0.15) is 0 Å². The summed E-state index contributed by atoms with van der Waals surface area (Å²) < 4.78 is 1.80. The highest BCUT2D eigenvalue weighted by Gasteiger charge is 2.07. The lowest BCUT2D eigenvalue weighted by molar-refractivity contribution is 0.942. The molecule has 16 heavy (non-hydrogen) atoms. The molecule has 0 radical (unpaired) electrons. The second-order valence-corrected chi connectivity index (χ2v) is 6.40. The second kappa shape index (κ2) is 5.31. The van der Waals surface area contributed by atoms with Gasteiger partial charge in [-0.3, -0.25) is 0 Å². The quantitative estimate of drug-likeness (QED) is 0.639. The van der Waals surface area contributed by atoms with E-state index in [1.54, 1.807) is 17.8 Å². The number of thioether (sulfide) groups is 1. The van der Waals surface area contributed by atoms with E-state index in [9.17, 15) is 0 Å². The van der Waals surface area contributed by atoms with Gasteiger partial charge in [-0.15, -0.1) is 10.2 Å². The minimum Gasteiger partial charge on any atom is -0.226 e. The Labute approximate surface area is 110 Å². The lowest BCUT2D eigenvalue weighted by atomic mass is 10.6. The van der Waals surface area contributed by atoms with Crippen LogP contribution in [0.2, 0.25) is 5.15 Å². The van der Waals surface area contributed by atoms with Gasteiger partial charge in [-0.1, -0.05) is 34.7 Å². The van der Waals surface area contributed by atoms with E-state index in [4.69, 9.17) is 11.6 Å². The highest BCUT2D eigenvalue weighted by atomic mass is 35.5. The van der Waals surface area contributed by atoms with E-state index in [0.717, 1.165) is 13.7 Å². The van der Waals surface area contributed by atoms with Crippen molar-refractivity contribution in [3.63, 3.8) is 0 Å². The number of aryl methyl sites for hydroxylation is 1. The fraction of sp³-hybridized carbons (Fsp3) is 0.250. The summed E-state index contributed by atoms with van der Waals surface area (Å²) in [5.41, 5.74) is 0. The molecule has 0 aliphatic heterocycles. The predicted octanol–water partition coefficient (Wildman–Crippen LogP) is 3.16. The summed E-state index contributed by atoms with van der Waals surface area (Å²) in [6.07, 6.45) is 1.97. The molecule has 0 aliphatic carbocycles. The van der Waals surface area contributed by atoms with E-state index >= 15 is 0 Å². The van der Waals surface area contributed by atoms with Crippen molar-refractivity contribution in [1.82, 2.24) is 20.2 Å². The third kappa shape index (κ3) is 3.07. The normalized spacial score (nSPS) is 10.7. The molecule has 0 atom stereocenters. The van der Waals surface area contributed by atoms with Crippen LogP contribution >= 0.6 is 46.5 Å². The minimum atomic E-state index is 0.449. The van der Waals surface area contributed by atoms with Gasteiger partial charge in [0.05, 0.1) is 0 Å². The van der Waals surface area contributed by atoms with Crippen molar-refractivity contribution in [2.75, 3.05) is 6.26 Å². The molecular formula is C8H7ClN4S3. The Hall–Kier alpha value is -0.370. The highest BCUT2D eigenvalue weighted by Crippen LogP contribution is 2.32. The molecular weight excluding hydrogens is 284 g/mol. The summed E-state index contributed by atoms with van der Waals surface area (Å²) in [6, 6.07) is 1.72. The maximum absolute atomic E-state index is 5.85. The van der Waals surface area contributed by atoms with Gasteiger partial charge in [0.25, 0.3) is 0 Å². The van der Waals surface area contributed by atoms with Gasteiger partial charge in [-0.05, 0) is 24.9 Å². The molecule has 8 heteroatoms. The summed E-state index contributed by atoms with van der Waals surface area (Å²) in [4.78, 5) is 8.27. The Bertz CT molecular complexity index is 482. The molecule has 84 valence electrons. The average molecular weight is 291 g/mol. The molecule has 2 rings (SSSR count). The van der Waals surface area contributed by atoms with Crippen LogP contribution in [0.4, 0.5) is 0 Å². The van der Waals surface area contributed by atoms with E-state index in [2.05, 4.69) is 20.2 Å². The number of hydrogen-bond acceptors (Lipinski definition) is 7. The first-order valence-electron chi connectivity index (χ1n) is 4.24. The van der Waals surface area contributed by atoms with Crippen molar-refractivity contribution in [3.8, 4) is 0 Å². The van der Waals surface area contributed by atoms with Crippen molar-refractivity contribution in [3.05, 3.63) is 17.0 Å². The van der Waals surface area contributed by atoms with Crippen molar-refractivity contribution in [1.29, 1.82) is 0 Å². The van der Waals surface area contributed by atoms with Crippen LogP contribution in [-0.2, 0) is 0 Å². The number of aromatic nitrogens is 4. The zero-order chi connectivity index (χ0) is 11.5. The Morgan fingerprint density at radius 1 is 1.25 bits per heavy atom. The summed E-state index contributed by atoms with van der Waals surface area (Å²) in [5, 5.41) is 9.30. The predicted molar refractivity (Wildman–Crippen MR) is 67.6 cm³/mol. The van der Waals surface area contributed by atoms with Crippen LogP contribution in [0.1, 0.15) is 5.82 Å². The molecule has 0 fully saturated rings. The molecule has 0 bridgehead atoms. The topological polar surface area (TPSA) is 51.6 Å². The van der Waals surface area contributed by atoms with Crippen LogP contribution in [0.5, 0.6) is 0 Å². The maximum Gasteiger partial charge on any atom is 0.181 e. The Morgan fingerprint density at radius 2 is 2.00 bits per heavy atom. The lowest BCUT2D eigenvalue weighted by Gasteiger charge is -1.98. The smallest absolute Gasteiger partial charge is 0.181 e. The first-order chi connectivity index (χ1) is 7.67. The largest absolute Gasteiger partial charge is 0.226 e. The van der Waals surface area contributed by atoms with Crippen LogP contribution in [0.15, 0.2) is 19.8 Å². The van der Waals surface area contributed by atoms with E-state index in [1.807, 2.05) is 13.2 Å². The van der Waals surface area contributed by atoms with Crippen molar-refractivity contribution in [2.45, 2.75) is 20.6 Å². The first kappa shape index (κ1) is 12.1. The molecule has 2 aromatic heterocycles. The minimum absolute atomic E-state index is 0.449. The van der Waals surface area contributed by atoms with Crippen molar-refractivity contribution >= 4 is 46.5 Å². The highest BCUT2D eigenvalue weighted by molar-refractivity contribution is 8.02. The van der Waals surface area contributed by atoms with Crippen LogP contribution in [-0.4, -0.2) is 26.4 Å². The van der Waals surface area contributed by atoms with Crippen LogP contribution in [0.3, 0.4) is 0 Å². The summed E-state index contributed by atoms with van der Waals surface area (Å²) in [7, 11) is 0. The summed E-state index contributed by atoms with van der Waals surface area (Å²) in [6.45, 7) is 1.81. The monoisotopic (exact) mass is 290 g/mol. The average Bonchev–Trinajstić information content (AvgIpc) is 2.64. The molecule has 0 unspecified atom stereocenters. The standard InChI is InChI=1S/C8H7ClN4S3/c1-4-10-5(9)3-6(11-4)15-8-13-12-7(14-2)16-8/h3H,1-2H3. The van der Waals surface area contributed by atoms with E-state index in [0.29, 0.717) is 11.0 Å². The van der Waals surface area contributed by atoms with Gasteiger partial charge in [0.2, 0.25) is 0 Å².